The Hall–Kier alpha value is -2.69. The first-order valence-corrected chi connectivity index (χ1v) is 7.89. The minimum Gasteiger partial charge on any atom is -0.350 e. The zero-order valence-electron chi connectivity index (χ0n) is 13.0. The fourth-order valence-electron chi connectivity index (χ4n) is 2.59. The third kappa shape index (κ3) is 2.82. The number of imidazole rings is 1. The average molecular weight is 306 g/mol. The number of aromatic nitrogens is 3. The molecule has 0 radical (unpaired) electrons. The lowest BCUT2D eigenvalue weighted by Crippen LogP contribution is -2.25. The normalized spacial score (nSPS) is 14.1. The van der Waals surface area contributed by atoms with Crippen LogP contribution in [-0.4, -0.2) is 26.8 Å². The Kier molecular flexibility index (Phi) is 3.33. The van der Waals surface area contributed by atoms with Gasteiger partial charge in [-0.3, -0.25) is 9.78 Å². The maximum absolute atomic E-state index is 12.2. The van der Waals surface area contributed by atoms with E-state index in [0.717, 1.165) is 17.8 Å². The van der Waals surface area contributed by atoms with Crippen LogP contribution in [0, 0.1) is 12.8 Å². The molecular weight excluding hydrogens is 288 g/mol. The molecule has 1 saturated carbocycles. The highest BCUT2D eigenvalue weighted by Gasteiger charge is 2.22. The molecule has 23 heavy (non-hydrogen) atoms. The first kappa shape index (κ1) is 13.9. The zero-order chi connectivity index (χ0) is 15.8. The number of aryl methyl sites for hydroxylation is 1. The number of hydrogen-bond acceptors (Lipinski definition) is 3. The third-order valence-corrected chi connectivity index (χ3v) is 4.18. The Labute approximate surface area is 134 Å². The predicted octanol–water partition coefficient (Wildman–Crippen LogP) is 2.84. The maximum Gasteiger partial charge on any atom is 0.271 e. The fourth-order valence-corrected chi connectivity index (χ4v) is 2.59. The van der Waals surface area contributed by atoms with E-state index in [1.54, 1.807) is 12.4 Å². The molecule has 0 spiro atoms. The summed E-state index contributed by atoms with van der Waals surface area (Å²) in [4.78, 5) is 21.2. The molecule has 116 valence electrons. The van der Waals surface area contributed by atoms with Crippen LogP contribution in [0.5, 0.6) is 0 Å². The summed E-state index contributed by atoms with van der Waals surface area (Å²) in [6, 6.07) is 8.15. The lowest BCUT2D eigenvalue weighted by molar-refractivity contribution is 0.0947. The molecule has 1 aromatic carbocycles. The highest BCUT2D eigenvalue weighted by Crippen LogP contribution is 2.27. The van der Waals surface area contributed by atoms with E-state index in [-0.39, 0.29) is 5.91 Å². The minimum absolute atomic E-state index is 0.115. The van der Waals surface area contributed by atoms with Crippen molar-refractivity contribution in [1.29, 1.82) is 0 Å². The highest BCUT2D eigenvalue weighted by atomic mass is 16.1. The van der Waals surface area contributed by atoms with Crippen LogP contribution in [0.4, 0.5) is 0 Å². The van der Waals surface area contributed by atoms with Gasteiger partial charge in [0.25, 0.3) is 5.91 Å². The number of nitrogens with one attached hydrogen (secondary N) is 1. The number of carbonyl (C=O) groups excluding carboxylic acids is 1. The first-order valence-electron chi connectivity index (χ1n) is 7.89. The number of benzene rings is 1. The number of fused-ring (bicyclic) bond motifs is 1. The van der Waals surface area contributed by atoms with Gasteiger partial charge in [0.05, 0.1) is 0 Å². The molecule has 2 heterocycles. The van der Waals surface area contributed by atoms with Gasteiger partial charge in [0.15, 0.2) is 5.65 Å². The molecule has 1 fully saturated rings. The van der Waals surface area contributed by atoms with E-state index in [1.807, 2.05) is 34.9 Å². The van der Waals surface area contributed by atoms with E-state index >= 15 is 0 Å². The average Bonchev–Trinajstić information content (AvgIpc) is 3.29. The number of amides is 1. The lowest BCUT2D eigenvalue weighted by Gasteiger charge is -2.03. The van der Waals surface area contributed by atoms with Gasteiger partial charge in [-0.05, 0) is 25.7 Å². The van der Waals surface area contributed by atoms with Gasteiger partial charge in [0.1, 0.15) is 11.4 Å². The van der Waals surface area contributed by atoms with Crippen LogP contribution in [0.2, 0.25) is 0 Å². The Morgan fingerprint density at radius 1 is 1.30 bits per heavy atom. The van der Waals surface area contributed by atoms with Gasteiger partial charge in [-0.15, -0.1) is 0 Å². The van der Waals surface area contributed by atoms with Crippen LogP contribution in [0.1, 0.15) is 28.9 Å². The van der Waals surface area contributed by atoms with E-state index in [2.05, 4.69) is 22.2 Å². The standard InChI is InChI=1S/C18H18N4O/c1-12-2-6-14(7-3-12)16-17-21-15(11-22(17)9-8-19-16)18(23)20-10-13-4-5-13/h2-3,6-9,11,13H,4-5,10H2,1H3,(H,20,23). The van der Waals surface area contributed by atoms with Crippen LogP contribution < -0.4 is 5.32 Å². The number of nitrogens with zero attached hydrogens (tertiary/aromatic N) is 3. The summed E-state index contributed by atoms with van der Waals surface area (Å²) in [5, 5.41) is 2.95. The molecule has 5 heteroatoms. The molecule has 1 aliphatic rings. The van der Waals surface area contributed by atoms with E-state index in [0.29, 0.717) is 17.3 Å². The van der Waals surface area contributed by atoms with E-state index in [9.17, 15) is 4.79 Å². The van der Waals surface area contributed by atoms with Crippen LogP contribution in [0.3, 0.4) is 0 Å². The minimum atomic E-state index is -0.115. The van der Waals surface area contributed by atoms with Gasteiger partial charge < -0.3 is 9.72 Å². The summed E-state index contributed by atoms with van der Waals surface area (Å²) in [6.07, 6.45) is 7.74. The molecule has 2 aromatic heterocycles. The molecule has 5 nitrogen and oxygen atoms in total. The van der Waals surface area contributed by atoms with Crippen molar-refractivity contribution >= 4 is 11.6 Å². The Balaban J connectivity index is 1.69. The second-order valence-electron chi connectivity index (χ2n) is 6.15. The van der Waals surface area contributed by atoms with Crippen molar-refractivity contribution in [3.63, 3.8) is 0 Å². The summed E-state index contributed by atoms with van der Waals surface area (Å²) >= 11 is 0. The number of rotatable bonds is 4. The van der Waals surface area contributed by atoms with Gasteiger partial charge in [0, 0.05) is 30.7 Å². The Bertz CT molecular complexity index is 862. The molecule has 0 saturated heterocycles. The van der Waals surface area contributed by atoms with Crippen LogP contribution in [-0.2, 0) is 0 Å². The summed E-state index contributed by atoms with van der Waals surface area (Å²) in [5.74, 6) is 0.538. The van der Waals surface area contributed by atoms with Gasteiger partial charge in [-0.1, -0.05) is 29.8 Å². The first-order chi connectivity index (χ1) is 11.2. The summed E-state index contributed by atoms with van der Waals surface area (Å²) < 4.78 is 1.86. The smallest absolute Gasteiger partial charge is 0.271 e. The lowest BCUT2D eigenvalue weighted by atomic mass is 10.1. The van der Waals surface area contributed by atoms with Crippen LogP contribution in [0.15, 0.2) is 42.9 Å². The fraction of sp³-hybridized carbons (Fsp3) is 0.278. The topological polar surface area (TPSA) is 59.3 Å². The van der Waals surface area contributed by atoms with Gasteiger partial charge in [-0.25, -0.2) is 4.98 Å². The molecule has 4 rings (SSSR count). The maximum atomic E-state index is 12.2. The molecule has 0 aliphatic heterocycles. The quantitative estimate of drug-likeness (QED) is 0.806. The summed E-state index contributed by atoms with van der Waals surface area (Å²) in [5.41, 5.74) is 4.12. The monoisotopic (exact) mass is 306 g/mol. The summed E-state index contributed by atoms with van der Waals surface area (Å²) in [6.45, 7) is 2.80. The SMILES string of the molecule is Cc1ccc(-c2nccn3cc(C(=O)NCC4CC4)nc23)cc1. The molecule has 0 unspecified atom stereocenters. The van der Waals surface area contributed by atoms with E-state index < -0.39 is 0 Å². The second kappa shape index (κ2) is 5.50. The van der Waals surface area contributed by atoms with Crippen molar-refractivity contribution in [2.45, 2.75) is 19.8 Å². The molecule has 1 amide bonds. The molecule has 3 aromatic rings. The van der Waals surface area contributed by atoms with Crippen molar-refractivity contribution in [2.75, 3.05) is 6.54 Å². The molecule has 0 bridgehead atoms. The Morgan fingerprint density at radius 2 is 2.09 bits per heavy atom. The zero-order valence-corrected chi connectivity index (χ0v) is 13.0. The third-order valence-electron chi connectivity index (χ3n) is 4.18. The van der Waals surface area contributed by atoms with Crippen molar-refractivity contribution < 1.29 is 4.79 Å². The van der Waals surface area contributed by atoms with Gasteiger partial charge in [0.2, 0.25) is 0 Å². The Morgan fingerprint density at radius 3 is 2.83 bits per heavy atom. The van der Waals surface area contributed by atoms with Crippen molar-refractivity contribution in [2.24, 2.45) is 5.92 Å². The van der Waals surface area contributed by atoms with Gasteiger partial charge >= 0.3 is 0 Å². The highest BCUT2D eigenvalue weighted by molar-refractivity contribution is 5.93. The molecular formula is C18H18N4O. The van der Waals surface area contributed by atoms with E-state index in [4.69, 9.17) is 0 Å². The number of carbonyl (C=O) groups is 1. The largest absolute Gasteiger partial charge is 0.350 e. The molecule has 1 aliphatic carbocycles. The second-order valence-corrected chi connectivity index (χ2v) is 6.15. The summed E-state index contributed by atoms with van der Waals surface area (Å²) in [7, 11) is 0. The predicted molar refractivity (Wildman–Crippen MR) is 88.2 cm³/mol. The van der Waals surface area contributed by atoms with Crippen molar-refractivity contribution in [3.8, 4) is 11.3 Å². The van der Waals surface area contributed by atoms with Crippen molar-refractivity contribution in [3.05, 3.63) is 54.1 Å². The van der Waals surface area contributed by atoms with Crippen LogP contribution in [0.25, 0.3) is 16.9 Å². The number of hydrogen-bond donors (Lipinski definition) is 1. The van der Waals surface area contributed by atoms with Gasteiger partial charge in [-0.2, -0.15) is 0 Å². The molecule has 1 N–H and O–H groups in total. The molecule has 0 atom stereocenters. The van der Waals surface area contributed by atoms with E-state index in [1.165, 1.54) is 18.4 Å². The van der Waals surface area contributed by atoms with Crippen LogP contribution >= 0.6 is 0 Å². The van der Waals surface area contributed by atoms with Crippen molar-refractivity contribution in [1.82, 2.24) is 19.7 Å².